The fraction of sp³-hybridized carbons (Fsp3) is 0.463. The average Bonchev–Trinajstić information content (AvgIpc) is 3.57. The zero-order valence-electron chi connectivity index (χ0n) is 29.9. The van der Waals surface area contributed by atoms with Crippen LogP contribution in [0.15, 0.2) is 79.2 Å². The van der Waals surface area contributed by atoms with Gasteiger partial charge in [0, 0.05) is 60.1 Å². The molecule has 0 amide bonds. The number of benzene rings is 2. The van der Waals surface area contributed by atoms with Crippen LogP contribution in [-0.4, -0.2) is 76.3 Å². The molecule has 10 heteroatoms. The van der Waals surface area contributed by atoms with E-state index in [0.717, 1.165) is 56.4 Å². The number of halogens is 1. The first-order chi connectivity index (χ1) is 24.5. The van der Waals surface area contributed by atoms with E-state index in [1.807, 2.05) is 6.07 Å². The van der Waals surface area contributed by atoms with Crippen LogP contribution in [0.5, 0.6) is 11.5 Å². The second kappa shape index (κ2) is 17.2. The van der Waals surface area contributed by atoms with Crippen molar-refractivity contribution in [3.05, 3.63) is 106 Å². The standard InChI is InChI=1S/C41H51ClN4O5/c1-39(2)35(32-10-5-4-6-11-32)12-9-15-41(39,14-7-8-16-46-17-13-34(49)25-46)29-51-38-20-37(50-26-31-18-30(21-43)22-44-23-31)33(19-36(38)42)24-45-40(3,27-47)28-48/h4-6,9-12,15,18-20,22-23,34,45,47-49H,7-8,13-14,16-17,24-29H2,1-3H3/t34?,41-/m0/s1. The van der Waals surface area contributed by atoms with Crippen LogP contribution >= 0.6 is 11.6 Å². The van der Waals surface area contributed by atoms with E-state index in [2.05, 4.69) is 77.6 Å². The lowest BCUT2D eigenvalue weighted by Crippen LogP contribution is -2.48. The number of rotatable bonds is 17. The van der Waals surface area contributed by atoms with Gasteiger partial charge in [0.15, 0.2) is 0 Å². The summed E-state index contributed by atoms with van der Waals surface area (Å²) >= 11 is 6.94. The summed E-state index contributed by atoms with van der Waals surface area (Å²) < 4.78 is 13.0. The Balaban J connectivity index is 1.41. The van der Waals surface area contributed by atoms with Crippen molar-refractivity contribution in [2.45, 2.75) is 71.2 Å². The number of aliphatic hydroxyl groups excluding tert-OH is 3. The number of nitrogens with one attached hydrogen (secondary N) is 1. The van der Waals surface area contributed by atoms with E-state index in [1.54, 1.807) is 31.3 Å². The fourth-order valence-corrected chi connectivity index (χ4v) is 7.24. The monoisotopic (exact) mass is 714 g/mol. The van der Waals surface area contributed by atoms with Crippen LogP contribution in [0.1, 0.15) is 68.7 Å². The number of unbranched alkanes of at least 4 members (excludes halogenated alkanes) is 1. The van der Waals surface area contributed by atoms with Gasteiger partial charge in [0.1, 0.15) is 24.2 Å². The van der Waals surface area contributed by atoms with Crippen molar-refractivity contribution in [2.24, 2.45) is 10.8 Å². The number of aromatic nitrogens is 1. The number of hydrogen-bond acceptors (Lipinski definition) is 9. The van der Waals surface area contributed by atoms with Gasteiger partial charge in [-0.25, -0.2) is 0 Å². The first kappa shape index (κ1) is 38.5. The highest BCUT2D eigenvalue weighted by atomic mass is 35.5. The van der Waals surface area contributed by atoms with Crippen LogP contribution in [0.2, 0.25) is 5.02 Å². The molecule has 2 atom stereocenters. The van der Waals surface area contributed by atoms with Gasteiger partial charge in [0.05, 0.1) is 42.0 Å². The minimum atomic E-state index is -0.909. The number of ether oxygens (including phenoxy) is 2. The lowest BCUT2D eigenvalue weighted by molar-refractivity contribution is 0.0852. The summed E-state index contributed by atoms with van der Waals surface area (Å²) in [5.74, 6) is 1.00. The fourth-order valence-electron chi connectivity index (χ4n) is 7.00. The summed E-state index contributed by atoms with van der Waals surface area (Å²) in [5, 5.41) is 42.7. The van der Waals surface area contributed by atoms with Gasteiger partial charge in [0.2, 0.25) is 0 Å². The molecule has 1 aliphatic heterocycles. The van der Waals surface area contributed by atoms with Crippen LogP contribution in [-0.2, 0) is 13.2 Å². The van der Waals surface area contributed by atoms with Crippen molar-refractivity contribution in [3.8, 4) is 17.6 Å². The second-order valence-electron chi connectivity index (χ2n) is 14.7. The van der Waals surface area contributed by atoms with Crippen molar-refractivity contribution < 1.29 is 24.8 Å². The molecule has 5 rings (SSSR count). The first-order valence-corrected chi connectivity index (χ1v) is 18.1. The van der Waals surface area contributed by atoms with Gasteiger partial charge in [-0.15, -0.1) is 0 Å². The number of β-amino-alcohol motifs (C(OH)–C–C–N with tert-alkyl or cyclic N) is 1. The Morgan fingerprint density at radius 1 is 1.08 bits per heavy atom. The third-order valence-corrected chi connectivity index (χ3v) is 10.9. The van der Waals surface area contributed by atoms with Gasteiger partial charge in [-0.05, 0) is 56.0 Å². The summed E-state index contributed by atoms with van der Waals surface area (Å²) in [5.41, 5.74) is 2.76. The molecule has 1 aliphatic carbocycles. The molecule has 2 heterocycles. The van der Waals surface area contributed by atoms with Crippen LogP contribution in [0.3, 0.4) is 0 Å². The number of nitriles is 1. The van der Waals surface area contributed by atoms with Crippen molar-refractivity contribution in [3.63, 3.8) is 0 Å². The van der Waals surface area contributed by atoms with Crippen LogP contribution in [0.25, 0.3) is 5.57 Å². The predicted molar refractivity (Wildman–Crippen MR) is 200 cm³/mol. The smallest absolute Gasteiger partial charge is 0.141 e. The lowest BCUT2D eigenvalue weighted by Gasteiger charge is -2.48. The Hall–Kier alpha value is -3.75. The molecule has 272 valence electrons. The predicted octanol–water partition coefficient (Wildman–Crippen LogP) is 6.30. The summed E-state index contributed by atoms with van der Waals surface area (Å²) in [6.45, 7) is 9.25. The maximum absolute atomic E-state index is 10.0. The van der Waals surface area contributed by atoms with Crippen molar-refractivity contribution in [1.29, 1.82) is 5.26 Å². The largest absolute Gasteiger partial charge is 0.491 e. The van der Waals surface area contributed by atoms with Gasteiger partial charge < -0.3 is 35.0 Å². The van der Waals surface area contributed by atoms with Crippen molar-refractivity contribution in [1.82, 2.24) is 15.2 Å². The van der Waals surface area contributed by atoms with Gasteiger partial charge in [0.25, 0.3) is 0 Å². The Labute approximate surface area is 307 Å². The van der Waals surface area contributed by atoms with E-state index in [-0.39, 0.29) is 43.3 Å². The topological polar surface area (TPSA) is 131 Å². The molecule has 1 aromatic heterocycles. The Morgan fingerprint density at radius 3 is 2.57 bits per heavy atom. The Kier molecular flexibility index (Phi) is 13.0. The Bertz CT molecular complexity index is 1720. The van der Waals surface area contributed by atoms with E-state index in [1.165, 1.54) is 17.3 Å². The van der Waals surface area contributed by atoms with Crippen molar-refractivity contribution in [2.75, 3.05) is 39.5 Å². The minimum Gasteiger partial charge on any atom is -0.491 e. The molecule has 0 saturated carbocycles. The van der Waals surface area contributed by atoms with Crippen molar-refractivity contribution >= 4 is 17.2 Å². The maximum atomic E-state index is 10.0. The SMILES string of the molecule is CC(CO)(CO)NCc1cc(Cl)c(OC[C@]2(CCCCN3CCC(O)C3)C=CC=C(c3ccccc3)C2(C)C)cc1OCc1cncc(C#N)c1. The maximum Gasteiger partial charge on any atom is 0.141 e. The molecule has 9 nitrogen and oxygen atoms in total. The number of allylic oxidation sites excluding steroid dienone is 3. The molecule has 4 N–H and O–H groups in total. The molecule has 1 unspecified atom stereocenters. The molecule has 51 heavy (non-hydrogen) atoms. The van der Waals surface area contributed by atoms with Gasteiger partial charge >= 0.3 is 0 Å². The minimum absolute atomic E-state index is 0.160. The highest BCUT2D eigenvalue weighted by Crippen LogP contribution is 2.55. The van der Waals surface area contributed by atoms with E-state index in [0.29, 0.717) is 28.7 Å². The van der Waals surface area contributed by atoms with Crippen LogP contribution in [0, 0.1) is 22.2 Å². The Morgan fingerprint density at radius 2 is 1.86 bits per heavy atom. The number of pyridine rings is 1. The van der Waals surface area contributed by atoms with Gasteiger partial charge in [-0.2, -0.15) is 5.26 Å². The molecule has 0 spiro atoms. The normalized spacial score (nSPS) is 20.2. The van der Waals surface area contributed by atoms with Gasteiger partial charge in [-0.3, -0.25) is 4.98 Å². The number of nitrogens with zero attached hydrogens (tertiary/aromatic N) is 3. The van der Waals surface area contributed by atoms with E-state index in [4.69, 9.17) is 21.1 Å². The summed E-state index contributed by atoms with van der Waals surface area (Å²) in [4.78, 5) is 6.50. The first-order valence-electron chi connectivity index (χ1n) is 17.8. The summed E-state index contributed by atoms with van der Waals surface area (Å²) in [7, 11) is 0. The summed E-state index contributed by atoms with van der Waals surface area (Å²) in [6.07, 6.45) is 13.3. The number of aliphatic hydroxyl groups is 3. The zero-order chi connectivity index (χ0) is 36.5. The molecule has 0 radical (unpaired) electrons. The highest BCUT2D eigenvalue weighted by Gasteiger charge is 2.47. The van der Waals surface area contributed by atoms with Crippen LogP contribution < -0.4 is 14.8 Å². The molecule has 1 saturated heterocycles. The quantitative estimate of drug-likeness (QED) is 0.119. The van der Waals surface area contributed by atoms with E-state index in [9.17, 15) is 20.6 Å². The lowest BCUT2D eigenvalue weighted by atomic mass is 9.57. The van der Waals surface area contributed by atoms with Gasteiger partial charge in [-0.1, -0.05) is 80.4 Å². The molecular formula is C41H51ClN4O5. The molecule has 2 aromatic carbocycles. The number of likely N-dealkylation sites (tertiary alicyclic amines) is 1. The molecule has 3 aromatic rings. The third kappa shape index (κ3) is 9.38. The summed E-state index contributed by atoms with van der Waals surface area (Å²) in [6, 6.07) is 17.9. The highest BCUT2D eigenvalue weighted by molar-refractivity contribution is 6.32. The molecular weight excluding hydrogens is 664 g/mol. The average molecular weight is 715 g/mol. The second-order valence-corrected chi connectivity index (χ2v) is 15.1. The zero-order valence-corrected chi connectivity index (χ0v) is 30.7. The molecule has 1 fully saturated rings. The van der Waals surface area contributed by atoms with Crippen LogP contribution in [0.4, 0.5) is 0 Å². The van der Waals surface area contributed by atoms with E-state index >= 15 is 0 Å². The third-order valence-electron chi connectivity index (χ3n) is 10.6. The number of hydrogen-bond donors (Lipinski definition) is 4. The molecule has 2 aliphatic rings. The molecule has 0 bridgehead atoms. The van der Waals surface area contributed by atoms with E-state index < -0.39 is 5.54 Å².